The number of sulfonamides is 1. The van der Waals surface area contributed by atoms with Gasteiger partial charge >= 0.3 is 5.97 Å². The summed E-state index contributed by atoms with van der Waals surface area (Å²) in [6.07, 6.45) is 3.00. The number of carboxylic acids is 1. The number of carbonyl (C=O) groups is 1. The van der Waals surface area contributed by atoms with Crippen LogP contribution >= 0.6 is 0 Å². The van der Waals surface area contributed by atoms with E-state index in [2.05, 4.69) is 0 Å². The molecule has 1 N–H and O–H groups in total. The van der Waals surface area contributed by atoms with E-state index < -0.39 is 21.9 Å². The van der Waals surface area contributed by atoms with Crippen LogP contribution < -0.4 is 0 Å². The van der Waals surface area contributed by atoms with Gasteiger partial charge in [-0.15, -0.1) is 0 Å². The van der Waals surface area contributed by atoms with Crippen LogP contribution in [0.25, 0.3) is 0 Å². The Kier molecular flexibility index (Phi) is 4.11. The topological polar surface area (TPSA) is 98.5 Å². The van der Waals surface area contributed by atoms with E-state index in [4.69, 9.17) is 10.4 Å². The molecule has 7 heteroatoms. The van der Waals surface area contributed by atoms with Crippen LogP contribution in [0.2, 0.25) is 0 Å². The maximum atomic E-state index is 12.6. The molecular weight excluding hydrogens is 292 g/mol. The van der Waals surface area contributed by atoms with Crippen LogP contribution in [0.3, 0.4) is 0 Å². The predicted octanol–water partition coefficient (Wildman–Crippen LogP) is 1.13. The smallest absolute Gasteiger partial charge is 0.311 e. The monoisotopic (exact) mass is 306 g/mol. The Bertz CT molecular complexity index is 747. The van der Waals surface area contributed by atoms with Crippen molar-refractivity contribution in [3.8, 4) is 6.07 Å². The number of carboxylic acid groups (broad SMARTS) is 1. The minimum atomic E-state index is -3.90. The number of hydrogen-bond acceptors (Lipinski definition) is 4. The van der Waals surface area contributed by atoms with Gasteiger partial charge in [0.15, 0.2) is 0 Å². The van der Waals surface area contributed by atoms with Crippen LogP contribution in [0.4, 0.5) is 0 Å². The van der Waals surface area contributed by atoms with E-state index in [9.17, 15) is 13.2 Å². The highest BCUT2D eigenvalue weighted by Crippen LogP contribution is 2.24. The molecule has 0 spiro atoms. The van der Waals surface area contributed by atoms with Gasteiger partial charge in [-0.1, -0.05) is 24.3 Å². The van der Waals surface area contributed by atoms with Crippen molar-refractivity contribution in [3.05, 3.63) is 41.5 Å². The molecule has 2 rings (SSSR count). The average molecular weight is 306 g/mol. The standard InChI is InChI=1S/C14H14N2O4S/c1-10-4-2-6-13(12(10)8-15)21(19,20)16-7-3-5-11(9-16)14(17)18/h2-6,11H,7,9H2,1H3,(H,17,18). The minimum absolute atomic E-state index is 0.0792. The molecule has 1 aromatic carbocycles. The zero-order valence-corrected chi connectivity index (χ0v) is 12.2. The fraction of sp³-hybridized carbons (Fsp3) is 0.286. The first-order valence-corrected chi connectivity index (χ1v) is 7.71. The Morgan fingerprint density at radius 2 is 2.19 bits per heavy atom. The average Bonchev–Trinajstić information content (AvgIpc) is 2.47. The number of hydrogen-bond donors (Lipinski definition) is 1. The SMILES string of the molecule is Cc1cccc(S(=O)(=O)N2CC=CC(C(=O)O)C2)c1C#N. The molecule has 110 valence electrons. The van der Waals surface area contributed by atoms with Crippen LogP contribution in [0.5, 0.6) is 0 Å². The molecule has 21 heavy (non-hydrogen) atoms. The van der Waals surface area contributed by atoms with Crippen molar-refractivity contribution >= 4 is 16.0 Å². The van der Waals surface area contributed by atoms with Crippen molar-refractivity contribution in [2.75, 3.05) is 13.1 Å². The molecule has 0 fully saturated rings. The number of benzene rings is 1. The summed E-state index contributed by atoms with van der Waals surface area (Å²) >= 11 is 0. The molecule has 1 aliphatic heterocycles. The van der Waals surface area contributed by atoms with E-state index >= 15 is 0 Å². The summed E-state index contributed by atoms with van der Waals surface area (Å²) < 4.78 is 26.4. The van der Waals surface area contributed by atoms with Crippen LogP contribution in [-0.2, 0) is 14.8 Å². The Labute approximate surface area is 123 Å². The third-order valence-electron chi connectivity index (χ3n) is 3.36. The zero-order chi connectivity index (χ0) is 15.6. The molecule has 0 saturated carbocycles. The molecule has 0 bridgehead atoms. The number of nitriles is 1. The second-order valence-electron chi connectivity index (χ2n) is 4.75. The Morgan fingerprint density at radius 1 is 1.48 bits per heavy atom. The van der Waals surface area contributed by atoms with E-state index in [0.29, 0.717) is 5.56 Å². The second-order valence-corrected chi connectivity index (χ2v) is 6.66. The maximum absolute atomic E-state index is 12.6. The van der Waals surface area contributed by atoms with Crippen molar-refractivity contribution in [2.24, 2.45) is 5.92 Å². The van der Waals surface area contributed by atoms with Crippen LogP contribution in [0.15, 0.2) is 35.2 Å². The predicted molar refractivity (Wildman–Crippen MR) is 74.9 cm³/mol. The maximum Gasteiger partial charge on any atom is 0.311 e. The largest absolute Gasteiger partial charge is 0.481 e. The van der Waals surface area contributed by atoms with Gasteiger partial charge in [-0.05, 0) is 18.6 Å². The second kappa shape index (κ2) is 5.68. The van der Waals surface area contributed by atoms with Crippen LogP contribution in [-0.4, -0.2) is 36.9 Å². The minimum Gasteiger partial charge on any atom is -0.481 e. The third-order valence-corrected chi connectivity index (χ3v) is 5.23. The van der Waals surface area contributed by atoms with Crippen LogP contribution in [0.1, 0.15) is 11.1 Å². The normalized spacial score (nSPS) is 19.1. The van der Waals surface area contributed by atoms with Crippen LogP contribution in [0, 0.1) is 24.2 Å². The number of aliphatic carboxylic acids is 1. The zero-order valence-electron chi connectivity index (χ0n) is 11.4. The van der Waals surface area contributed by atoms with Gasteiger partial charge in [-0.2, -0.15) is 9.57 Å². The first-order chi connectivity index (χ1) is 9.87. The van der Waals surface area contributed by atoms with Gasteiger partial charge in [-0.25, -0.2) is 8.42 Å². The number of rotatable bonds is 3. The van der Waals surface area contributed by atoms with Gasteiger partial charge in [0.05, 0.1) is 11.5 Å². The molecule has 1 atom stereocenters. The fourth-order valence-electron chi connectivity index (χ4n) is 2.19. The highest BCUT2D eigenvalue weighted by Gasteiger charge is 2.32. The lowest BCUT2D eigenvalue weighted by Gasteiger charge is -2.26. The van der Waals surface area contributed by atoms with Crippen molar-refractivity contribution in [2.45, 2.75) is 11.8 Å². The van der Waals surface area contributed by atoms with E-state index in [1.54, 1.807) is 19.1 Å². The number of aryl methyl sites for hydroxylation is 1. The van der Waals surface area contributed by atoms with Gasteiger partial charge < -0.3 is 5.11 Å². The fourth-order valence-corrected chi connectivity index (χ4v) is 3.82. The summed E-state index contributed by atoms with van der Waals surface area (Å²) in [7, 11) is -3.90. The first kappa shape index (κ1) is 15.2. The lowest BCUT2D eigenvalue weighted by atomic mass is 10.1. The highest BCUT2D eigenvalue weighted by atomic mass is 32.2. The summed E-state index contributed by atoms with van der Waals surface area (Å²) in [5.41, 5.74) is 0.667. The van der Waals surface area contributed by atoms with E-state index in [1.165, 1.54) is 18.2 Å². The van der Waals surface area contributed by atoms with Gasteiger partial charge in [0.1, 0.15) is 11.0 Å². The summed E-state index contributed by atoms with van der Waals surface area (Å²) in [5, 5.41) is 18.2. The van der Waals surface area contributed by atoms with E-state index in [1.807, 2.05) is 6.07 Å². The molecule has 1 aromatic rings. The summed E-state index contributed by atoms with van der Waals surface area (Å²) in [4.78, 5) is 10.9. The van der Waals surface area contributed by atoms with Crippen molar-refractivity contribution in [1.29, 1.82) is 5.26 Å². The van der Waals surface area contributed by atoms with Gasteiger partial charge in [0.2, 0.25) is 10.0 Å². The Balaban J connectivity index is 2.45. The summed E-state index contributed by atoms with van der Waals surface area (Å²) in [5.74, 6) is -1.94. The summed E-state index contributed by atoms with van der Waals surface area (Å²) in [6.45, 7) is 1.63. The quantitative estimate of drug-likeness (QED) is 0.844. The molecule has 1 unspecified atom stereocenters. The van der Waals surface area contributed by atoms with E-state index in [0.717, 1.165) is 4.31 Å². The number of nitrogens with zero attached hydrogens (tertiary/aromatic N) is 2. The van der Waals surface area contributed by atoms with Gasteiger partial charge in [-0.3, -0.25) is 4.79 Å². The molecule has 0 saturated heterocycles. The Morgan fingerprint density at radius 3 is 2.81 bits per heavy atom. The first-order valence-electron chi connectivity index (χ1n) is 6.27. The molecule has 6 nitrogen and oxygen atoms in total. The van der Waals surface area contributed by atoms with E-state index in [-0.39, 0.29) is 23.5 Å². The molecule has 0 amide bonds. The summed E-state index contributed by atoms with van der Waals surface area (Å²) in [6, 6.07) is 6.50. The van der Waals surface area contributed by atoms with Crippen molar-refractivity contribution in [1.82, 2.24) is 4.31 Å². The molecule has 1 heterocycles. The van der Waals surface area contributed by atoms with Gasteiger partial charge in [0, 0.05) is 13.1 Å². The lowest BCUT2D eigenvalue weighted by Crippen LogP contribution is -2.40. The molecule has 1 aliphatic rings. The van der Waals surface area contributed by atoms with Crippen molar-refractivity contribution in [3.63, 3.8) is 0 Å². The third kappa shape index (κ3) is 2.82. The highest BCUT2D eigenvalue weighted by molar-refractivity contribution is 7.89. The molecular formula is C14H14N2O4S. The lowest BCUT2D eigenvalue weighted by molar-refractivity contribution is -0.140. The Hall–Kier alpha value is -2.17. The van der Waals surface area contributed by atoms with Gasteiger partial charge in [0.25, 0.3) is 0 Å². The molecule has 0 aliphatic carbocycles. The molecule has 0 radical (unpaired) electrons. The van der Waals surface area contributed by atoms with Crippen molar-refractivity contribution < 1.29 is 18.3 Å². The molecule has 0 aromatic heterocycles.